The van der Waals surface area contributed by atoms with Crippen LogP contribution in [0.1, 0.15) is 69.0 Å². The van der Waals surface area contributed by atoms with Gasteiger partial charge in [-0.25, -0.2) is 14.8 Å². The third-order valence-corrected chi connectivity index (χ3v) is 7.78. The molecule has 1 saturated carbocycles. The summed E-state index contributed by atoms with van der Waals surface area (Å²) in [6.45, 7) is 7.31. The second kappa shape index (κ2) is 13.7. The van der Waals surface area contributed by atoms with Crippen molar-refractivity contribution in [3.8, 4) is 12.1 Å². The Balaban J connectivity index is 1.55. The highest BCUT2D eigenvalue weighted by atomic mass is 19.1. The van der Waals surface area contributed by atoms with E-state index >= 15 is 0 Å². The molecule has 0 saturated heterocycles. The van der Waals surface area contributed by atoms with Crippen LogP contribution in [0.4, 0.5) is 14.9 Å². The van der Waals surface area contributed by atoms with Crippen LogP contribution in [0.5, 0.6) is 0 Å². The Bertz CT molecular complexity index is 1760. The topological polar surface area (TPSA) is 159 Å². The molecule has 1 amide bonds. The number of anilines is 1. The number of nitrogens with zero attached hydrogens (tertiary/aromatic N) is 7. The molecular formula is C32H37FN8O4. The molecule has 0 unspecified atom stereocenters. The van der Waals surface area contributed by atoms with Gasteiger partial charge in [-0.05, 0) is 77.6 Å². The van der Waals surface area contributed by atoms with Crippen molar-refractivity contribution in [1.82, 2.24) is 19.9 Å². The molecule has 0 radical (unpaired) electrons. The number of rotatable bonds is 8. The number of pyridine rings is 3. The predicted molar refractivity (Wildman–Crippen MR) is 166 cm³/mol. The number of halogens is 1. The molecule has 12 nitrogen and oxygen atoms in total. The molecule has 236 valence electrons. The number of nitriles is 2. The van der Waals surface area contributed by atoms with Gasteiger partial charge >= 0.3 is 6.09 Å². The minimum atomic E-state index is -0.620. The van der Waals surface area contributed by atoms with Crippen LogP contribution < -0.4 is 15.8 Å². The molecule has 3 aromatic heterocycles. The van der Waals surface area contributed by atoms with Crippen molar-refractivity contribution in [3.63, 3.8) is 0 Å². The SMILES string of the molecule is Cc1nc(F)ccc1/C(=N/OCCNC(=O)OC(C)(C)C)C1CCC(N(C)c2c(C#N)c(=O)n(C)c3ccc(C#N)nc23)CC1. The molecule has 1 N–H and O–H groups in total. The average molecular weight is 617 g/mol. The van der Waals surface area contributed by atoms with Crippen molar-refractivity contribution < 1.29 is 18.8 Å². The van der Waals surface area contributed by atoms with E-state index in [4.69, 9.17) is 9.57 Å². The van der Waals surface area contributed by atoms with Crippen LogP contribution >= 0.6 is 0 Å². The Hall–Kier alpha value is -5.04. The number of ether oxygens (including phenoxy) is 1. The fourth-order valence-electron chi connectivity index (χ4n) is 5.59. The molecule has 0 aliphatic heterocycles. The summed E-state index contributed by atoms with van der Waals surface area (Å²) >= 11 is 0. The van der Waals surface area contributed by atoms with E-state index in [0.29, 0.717) is 59.4 Å². The van der Waals surface area contributed by atoms with Crippen LogP contribution in [-0.4, -0.2) is 58.2 Å². The van der Waals surface area contributed by atoms with E-state index in [9.17, 15) is 24.5 Å². The Kier molecular flexibility index (Phi) is 10.0. The minimum Gasteiger partial charge on any atom is -0.444 e. The summed E-state index contributed by atoms with van der Waals surface area (Å²) in [5.41, 5.74) is 2.25. The van der Waals surface area contributed by atoms with Crippen LogP contribution in [0.3, 0.4) is 0 Å². The van der Waals surface area contributed by atoms with Gasteiger partial charge in [-0.15, -0.1) is 0 Å². The molecule has 0 aromatic carbocycles. The van der Waals surface area contributed by atoms with Gasteiger partial charge in [-0.1, -0.05) is 5.16 Å². The zero-order valence-electron chi connectivity index (χ0n) is 26.3. The smallest absolute Gasteiger partial charge is 0.407 e. The lowest BCUT2D eigenvalue weighted by atomic mass is 9.80. The molecule has 0 atom stereocenters. The Morgan fingerprint density at radius 3 is 2.49 bits per heavy atom. The van der Waals surface area contributed by atoms with Gasteiger partial charge < -0.3 is 24.4 Å². The minimum absolute atomic E-state index is 0.0270. The molecular weight excluding hydrogens is 579 g/mol. The van der Waals surface area contributed by atoms with Gasteiger partial charge in [0.2, 0.25) is 5.95 Å². The monoisotopic (exact) mass is 616 g/mol. The van der Waals surface area contributed by atoms with Crippen LogP contribution in [0.25, 0.3) is 11.0 Å². The van der Waals surface area contributed by atoms with Gasteiger partial charge in [0.25, 0.3) is 5.56 Å². The van der Waals surface area contributed by atoms with Crippen molar-refractivity contribution in [1.29, 1.82) is 10.5 Å². The van der Waals surface area contributed by atoms with E-state index in [0.717, 1.165) is 0 Å². The maximum absolute atomic E-state index is 13.9. The first-order valence-corrected chi connectivity index (χ1v) is 14.7. The molecule has 45 heavy (non-hydrogen) atoms. The third-order valence-electron chi connectivity index (χ3n) is 7.78. The third kappa shape index (κ3) is 7.55. The lowest BCUT2D eigenvalue weighted by Crippen LogP contribution is -2.39. The van der Waals surface area contributed by atoms with Crippen molar-refractivity contribution in [2.75, 3.05) is 25.1 Å². The fourth-order valence-corrected chi connectivity index (χ4v) is 5.59. The van der Waals surface area contributed by atoms with E-state index in [1.807, 2.05) is 18.0 Å². The van der Waals surface area contributed by atoms with Crippen molar-refractivity contribution in [2.24, 2.45) is 18.1 Å². The van der Waals surface area contributed by atoms with Gasteiger partial charge in [0.15, 0.2) is 0 Å². The van der Waals surface area contributed by atoms with E-state index in [-0.39, 0.29) is 36.4 Å². The number of hydrogen-bond donors (Lipinski definition) is 1. The first-order valence-electron chi connectivity index (χ1n) is 14.7. The van der Waals surface area contributed by atoms with Gasteiger partial charge in [0, 0.05) is 37.3 Å². The molecule has 1 aliphatic rings. The number of nitrogens with one attached hydrogen (secondary N) is 1. The Labute approximate surface area is 261 Å². The average Bonchev–Trinajstić information content (AvgIpc) is 2.99. The Morgan fingerprint density at radius 2 is 1.87 bits per heavy atom. The number of carbonyl (C=O) groups excluding carboxylic acids is 1. The predicted octanol–water partition coefficient (Wildman–Crippen LogP) is 4.46. The van der Waals surface area contributed by atoms with E-state index in [1.54, 1.807) is 52.9 Å². The molecule has 4 rings (SSSR count). The van der Waals surface area contributed by atoms with Crippen molar-refractivity contribution in [3.05, 3.63) is 63.1 Å². The summed E-state index contributed by atoms with van der Waals surface area (Å²) in [7, 11) is 3.42. The molecule has 0 bridgehead atoms. The highest BCUT2D eigenvalue weighted by Crippen LogP contribution is 2.35. The number of aryl methyl sites for hydroxylation is 2. The highest BCUT2D eigenvalue weighted by molar-refractivity contribution is 6.02. The number of amides is 1. The Morgan fingerprint density at radius 1 is 1.16 bits per heavy atom. The van der Waals surface area contributed by atoms with Crippen LogP contribution in [0.15, 0.2) is 34.2 Å². The molecule has 3 heterocycles. The standard InChI is InChI=1S/C32H37FN8O4/c1-19-23(12-14-26(33)37-19)27(39-44-16-15-36-31(43)45-32(2,3)4)20-7-10-22(11-8-20)40(5)29-24(18-35)30(42)41(6)25-13-9-21(17-34)38-28(25)29/h9,12-14,20,22H,7-8,10-11,15-16H2,1-6H3,(H,36,43)/b39-27+. The van der Waals surface area contributed by atoms with Gasteiger partial charge in [-0.2, -0.15) is 14.9 Å². The molecule has 13 heteroatoms. The lowest BCUT2D eigenvalue weighted by Gasteiger charge is -2.37. The van der Waals surface area contributed by atoms with Gasteiger partial charge in [0.05, 0.1) is 23.5 Å². The summed E-state index contributed by atoms with van der Waals surface area (Å²) in [6.07, 6.45) is 2.19. The number of hydrogen-bond acceptors (Lipinski definition) is 10. The number of carbonyl (C=O) groups is 1. The summed E-state index contributed by atoms with van der Waals surface area (Å²) in [5, 5.41) is 26.5. The molecule has 1 aliphatic carbocycles. The second-order valence-corrected chi connectivity index (χ2v) is 12.0. The normalized spacial score (nSPS) is 16.9. The summed E-state index contributed by atoms with van der Waals surface area (Å²) in [4.78, 5) is 41.0. The van der Waals surface area contributed by atoms with Crippen molar-refractivity contribution in [2.45, 2.75) is 65.0 Å². The highest BCUT2D eigenvalue weighted by Gasteiger charge is 2.32. The van der Waals surface area contributed by atoms with Crippen molar-refractivity contribution >= 4 is 28.5 Å². The van der Waals surface area contributed by atoms with E-state index in [2.05, 4.69) is 26.5 Å². The summed E-state index contributed by atoms with van der Waals surface area (Å²) in [5.74, 6) is -0.635. The first kappa shape index (κ1) is 32.9. The van der Waals surface area contributed by atoms with Crippen LogP contribution in [0.2, 0.25) is 0 Å². The number of oxime groups is 1. The zero-order valence-corrected chi connectivity index (χ0v) is 26.3. The second-order valence-electron chi connectivity index (χ2n) is 12.0. The summed E-state index contributed by atoms with van der Waals surface area (Å²) < 4.78 is 20.5. The zero-order chi connectivity index (χ0) is 32.9. The van der Waals surface area contributed by atoms with Crippen LogP contribution in [0, 0.1) is 41.5 Å². The quantitative estimate of drug-likeness (QED) is 0.167. The molecule has 1 fully saturated rings. The number of fused-ring (bicyclic) bond motifs is 1. The van der Waals surface area contributed by atoms with E-state index < -0.39 is 23.2 Å². The first-order chi connectivity index (χ1) is 21.3. The van der Waals surface area contributed by atoms with Gasteiger partial charge in [0.1, 0.15) is 41.1 Å². The maximum Gasteiger partial charge on any atom is 0.407 e. The molecule has 3 aromatic rings. The van der Waals surface area contributed by atoms with Gasteiger partial charge in [-0.3, -0.25) is 4.79 Å². The largest absolute Gasteiger partial charge is 0.444 e. The van der Waals surface area contributed by atoms with Crippen LogP contribution in [-0.2, 0) is 16.6 Å². The molecule has 0 spiro atoms. The lowest BCUT2D eigenvalue weighted by molar-refractivity contribution is 0.0501. The maximum atomic E-state index is 13.9. The fraction of sp³-hybridized carbons (Fsp3) is 0.469. The number of alkyl carbamates (subject to hydrolysis) is 1. The van der Waals surface area contributed by atoms with E-state index in [1.165, 1.54) is 10.6 Å². The summed E-state index contributed by atoms with van der Waals surface area (Å²) in [6, 6.07) is 10.2. The number of aromatic nitrogens is 3.